The van der Waals surface area contributed by atoms with Gasteiger partial charge in [-0.05, 0) is 18.9 Å². The lowest BCUT2D eigenvalue weighted by Gasteiger charge is -2.15. The summed E-state index contributed by atoms with van der Waals surface area (Å²) < 4.78 is 5.30. The smallest absolute Gasteiger partial charge is 0.137 e. The first-order valence-electron chi connectivity index (χ1n) is 4.91. The third-order valence-electron chi connectivity index (χ3n) is 2.02. The topological polar surface area (TPSA) is 42.4 Å². The molecule has 3 nitrogen and oxygen atoms in total. The molecule has 0 aliphatic carbocycles. The summed E-state index contributed by atoms with van der Waals surface area (Å²) in [6.07, 6.45) is 2.86. The molecule has 0 spiro atoms. The van der Waals surface area contributed by atoms with Gasteiger partial charge in [-0.25, -0.2) is 0 Å². The predicted molar refractivity (Wildman–Crippen MR) is 55.2 cm³/mol. The monoisotopic (exact) mass is 195 g/mol. The Kier molecular flexibility index (Phi) is 3.89. The molecule has 1 N–H and O–H groups in total. The van der Waals surface area contributed by atoms with Crippen molar-refractivity contribution in [2.24, 2.45) is 5.92 Å². The second-order valence-electron chi connectivity index (χ2n) is 3.58. The molecule has 0 amide bonds. The maximum atomic E-state index is 9.79. The molecule has 0 aliphatic heterocycles. The highest BCUT2D eigenvalue weighted by Gasteiger charge is 2.12. The summed E-state index contributed by atoms with van der Waals surface area (Å²) in [7, 11) is 0. The standard InChI is InChI=1S/C11H17NO2/c1-4-14-10-5-9(6-12-7-10)11(13)8(2)3/h5-8,11,13H,4H2,1-3H3. The third kappa shape index (κ3) is 2.70. The molecule has 1 rings (SSSR count). The van der Waals surface area contributed by atoms with Crippen molar-refractivity contribution in [3.8, 4) is 5.75 Å². The van der Waals surface area contributed by atoms with Crippen LogP contribution in [0.15, 0.2) is 18.5 Å². The van der Waals surface area contributed by atoms with Crippen molar-refractivity contribution in [3.63, 3.8) is 0 Å². The Labute approximate surface area is 84.7 Å². The van der Waals surface area contributed by atoms with E-state index in [-0.39, 0.29) is 5.92 Å². The van der Waals surface area contributed by atoms with Crippen LogP contribution >= 0.6 is 0 Å². The van der Waals surface area contributed by atoms with Crippen LogP contribution in [0.25, 0.3) is 0 Å². The van der Waals surface area contributed by atoms with E-state index in [2.05, 4.69) is 4.98 Å². The van der Waals surface area contributed by atoms with Crippen LogP contribution in [0.1, 0.15) is 32.4 Å². The lowest BCUT2D eigenvalue weighted by Crippen LogP contribution is -2.06. The molecule has 1 atom stereocenters. The molecular weight excluding hydrogens is 178 g/mol. The summed E-state index contributed by atoms with van der Waals surface area (Å²) in [6, 6.07) is 1.83. The van der Waals surface area contributed by atoms with E-state index >= 15 is 0 Å². The lowest BCUT2D eigenvalue weighted by molar-refractivity contribution is 0.126. The molecule has 1 heterocycles. The van der Waals surface area contributed by atoms with Crippen molar-refractivity contribution < 1.29 is 9.84 Å². The van der Waals surface area contributed by atoms with Gasteiger partial charge in [-0.2, -0.15) is 0 Å². The number of aliphatic hydroxyl groups excluding tert-OH is 1. The number of aromatic nitrogens is 1. The molecule has 0 bridgehead atoms. The maximum Gasteiger partial charge on any atom is 0.137 e. The van der Waals surface area contributed by atoms with Gasteiger partial charge in [0, 0.05) is 11.8 Å². The fourth-order valence-corrected chi connectivity index (χ4v) is 1.23. The Hall–Kier alpha value is -1.09. The molecule has 1 aromatic heterocycles. The number of ether oxygens (including phenoxy) is 1. The minimum atomic E-state index is -0.470. The lowest BCUT2D eigenvalue weighted by atomic mass is 10.0. The van der Waals surface area contributed by atoms with E-state index < -0.39 is 6.10 Å². The molecule has 14 heavy (non-hydrogen) atoms. The summed E-state index contributed by atoms with van der Waals surface area (Å²) in [4.78, 5) is 4.02. The van der Waals surface area contributed by atoms with Gasteiger partial charge in [0.15, 0.2) is 0 Å². The number of pyridine rings is 1. The average Bonchev–Trinajstić information content (AvgIpc) is 2.17. The van der Waals surface area contributed by atoms with E-state index in [9.17, 15) is 5.11 Å². The molecule has 1 unspecified atom stereocenters. The van der Waals surface area contributed by atoms with Crippen LogP contribution in [0, 0.1) is 5.92 Å². The number of hydrogen-bond acceptors (Lipinski definition) is 3. The fraction of sp³-hybridized carbons (Fsp3) is 0.545. The second kappa shape index (κ2) is 4.96. The van der Waals surface area contributed by atoms with Crippen LogP contribution in [0.5, 0.6) is 5.75 Å². The van der Waals surface area contributed by atoms with E-state index in [1.165, 1.54) is 0 Å². The number of rotatable bonds is 4. The van der Waals surface area contributed by atoms with Crippen LogP contribution in [0.3, 0.4) is 0 Å². The van der Waals surface area contributed by atoms with Crippen molar-refractivity contribution in [1.82, 2.24) is 4.98 Å². The van der Waals surface area contributed by atoms with Crippen LogP contribution in [-0.2, 0) is 0 Å². The molecule has 78 valence electrons. The Balaban J connectivity index is 2.82. The molecule has 0 aliphatic rings. The highest BCUT2D eigenvalue weighted by molar-refractivity contribution is 5.25. The first-order chi connectivity index (χ1) is 6.65. The Morgan fingerprint density at radius 2 is 2.14 bits per heavy atom. The van der Waals surface area contributed by atoms with Crippen molar-refractivity contribution in [2.45, 2.75) is 26.9 Å². The predicted octanol–water partition coefficient (Wildman–Crippen LogP) is 2.17. The van der Waals surface area contributed by atoms with Crippen molar-refractivity contribution >= 4 is 0 Å². The largest absolute Gasteiger partial charge is 0.492 e. The number of nitrogens with zero attached hydrogens (tertiary/aromatic N) is 1. The van der Waals surface area contributed by atoms with Gasteiger partial charge in [-0.1, -0.05) is 13.8 Å². The third-order valence-corrected chi connectivity index (χ3v) is 2.02. The second-order valence-corrected chi connectivity index (χ2v) is 3.58. The highest BCUT2D eigenvalue weighted by atomic mass is 16.5. The zero-order valence-electron chi connectivity index (χ0n) is 8.90. The Bertz CT molecular complexity index is 286. The summed E-state index contributed by atoms with van der Waals surface area (Å²) in [5.41, 5.74) is 0.811. The minimum absolute atomic E-state index is 0.189. The van der Waals surface area contributed by atoms with Gasteiger partial charge in [0.25, 0.3) is 0 Å². The van der Waals surface area contributed by atoms with Gasteiger partial charge in [-0.15, -0.1) is 0 Å². The van der Waals surface area contributed by atoms with Gasteiger partial charge in [0.05, 0.1) is 18.9 Å². The average molecular weight is 195 g/mol. The Morgan fingerprint density at radius 1 is 1.43 bits per heavy atom. The summed E-state index contributed by atoms with van der Waals surface area (Å²) in [6.45, 7) is 6.48. The Morgan fingerprint density at radius 3 is 2.71 bits per heavy atom. The van der Waals surface area contributed by atoms with Crippen molar-refractivity contribution in [1.29, 1.82) is 0 Å². The molecule has 3 heteroatoms. The maximum absolute atomic E-state index is 9.79. The summed E-state index contributed by atoms with van der Waals surface area (Å²) in [5.74, 6) is 0.901. The van der Waals surface area contributed by atoms with Gasteiger partial charge < -0.3 is 9.84 Å². The summed E-state index contributed by atoms with van der Waals surface area (Å²) >= 11 is 0. The van der Waals surface area contributed by atoms with Gasteiger partial charge >= 0.3 is 0 Å². The quantitative estimate of drug-likeness (QED) is 0.800. The number of hydrogen-bond donors (Lipinski definition) is 1. The molecule has 0 radical (unpaired) electrons. The molecule has 0 saturated heterocycles. The van der Waals surface area contributed by atoms with E-state index in [1.54, 1.807) is 12.4 Å². The van der Waals surface area contributed by atoms with E-state index in [0.717, 1.165) is 5.56 Å². The van der Waals surface area contributed by atoms with Crippen molar-refractivity contribution in [3.05, 3.63) is 24.0 Å². The SMILES string of the molecule is CCOc1cncc(C(O)C(C)C)c1. The molecular formula is C11H17NO2. The van der Waals surface area contributed by atoms with Crippen LogP contribution in [0.4, 0.5) is 0 Å². The van der Waals surface area contributed by atoms with Crippen molar-refractivity contribution in [2.75, 3.05) is 6.61 Å². The van der Waals surface area contributed by atoms with E-state index in [4.69, 9.17) is 4.74 Å². The first kappa shape index (κ1) is 11.0. The summed E-state index contributed by atoms with van der Waals surface area (Å²) in [5, 5.41) is 9.79. The molecule has 0 aromatic carbocycles. The van der Waals surface area contributed by atoms with Gasteiger partial charge in [0.2, 0.25) is 0 Å². The number of aliphatic hydroxyl groups is 1. The van der Waals surface area contributed by atoms with Gasteiger partial charge in [-0.3, -0.25) is 4.98 Å². The van der Waals surface area contributed by atoms with Gasteiger partial charge in [0.1, 0.15) is 5.75 Å². The van der Waals surface area contributed by atoms with E-state index in [1.807, 2.05) is 26.8 Å². The first-order valence-corrected chi connectivity index (χ1v) is 4.91. The normalized spacial score (nSPS) is 12.9. The van der Waals surface area contributed by atoms with E-state index in [0.29, 0.717) is 12.4 Å². The molecule has 0 saturated carbocycles. The minimum Gasteiger partial charge on any atom is -0.492 e. The molecule has 1 aromatic rings. The molecule has 0 fully saturated rings. The van der Waals surface area contributed by atoms with Crippen LogP contribution < -0.4 is 4.74 Å². The van der Waals surface area contributed by atoms with Crippen LogP contribution in [0.2, 0.25) is 0 Å². The zero-order chi connectivity index (χ0) is 10.6. The zero-order valence-corrected chi connectivity index (χ0v) is 8.90. The highest BCUT2D eigenvalue weighted by Crippen LogP contribution is 2.23. The fourth-order valence-electron chi connectivity index (χ4n) is 1.23. The van der Waals surface area contributed by atoms with Crippen LogP contribution in [-0.4, -0.2) is 16.7 Å².